The van der Waals surface area contributed by atoms with Crippen LogP contribution in [0, 0.1) is 11.8 Å². The molecule has 0 spiro atoms. The van der Waals surface area contributed by atoms with Crippen LogP contribution >= 0.6 is 0 Å². The Hall–Kier alpha value is -1.30. The number of hydrogen-bond acceptors (Lipinski definition) is 3. The molecule has 0 aliphatic carbocycles. The number of nitrogens with one attached hydrogen (secondary N) is 2. The van der Waals surface area contributed by atoms with E-state index >= 15 is 0 Å². The summed E-state index contributed by atoms with van der Waals surface area (Å²) in [6.07, 6.45) is 3.20. The maximum absolute atomic E-state index is 11.9. The van der Waals surface area contributed by atoms with Gasteiger partial charge in [0.2, 0.25) is 0 Å². The van der Waals surface area contributed by atoms with E-state index in [9.17, 15) is 9.59 Å². The van der Waals surface area contributed by atoms with Crippen LogP contribution in [-0.4, -0.2) is 42.4 Å². The lowest BCUT2D eigenvalue weighted by molar-refractivity contribution is -0.141. The maximum Gasteiger partial charge on any atom is 0.315 e. The van der Waals surface area contributed by atoms with E-state index in [4.69, 9.17) is 9.84 Å². The second kappa shape index (κ2) is 8.87. The molecule has 0 radical (unpaired) electrons. The van der Waals surface area contributed by atoms with Crippen molar-refractivity contribution >= 4 is 12.0 Å². The van der Waals surface area contributed by atoms with Gasteiger partial charge in [-0.2, -0.15) is 0 Å². The van der Waals surface area contributed by atoms with Crippen molar-refractivity contribution in [2.24, 2.45) is 11.8 Å². The van der Waals surface area contributed by atoms with Gasteiger partial charge < -0.3 is 20.5 Å². The first kappa shape index (κ1) is 17.8. The lowest BCUT2D eigenvalue weighted by Crippen LogP contribution is -2.47. The van der Waals surface area contributed by atoms with Crippen LogP contribution in [0.3, 0.4) is 0 Å². The van der Waals surface area contributed by atoms with Crippen LogP contribution in [0.1, 0.15) is 46.5 Å². The van der Waals surface area contributed by atoms with Gasteiger partial charge in [0.25, 0.3) is 0 Å². The van der Waals surface area contributed by atoms with Crippen LogP contribution < -0.4 is 10.6 Å². The molecule has 0 aromatic heterocycles. The van der Waals surface area contributed by atoms with Crippen molar-refractivity contribution in [3.05, 3.63) is 0 Å². The number of carboxylic acids is 1. The lowest BCUT2D eigenvalue weighted by atomic mass is 10.0. The van der Waals surface area contributed by atoms with Crippen LogP contribution in [0.4, 0.5) is 4.79 Å². The van der Waals surface area contributed by atoms with Gasteiger partial charge >= 0.3 is 12.0 Å². The van der Waals surface area contributed by atoms with Crippen molar-refractivity contribution < 1.29 is 19.4 Å². The van der Waals surface area contributed by atoms with E-state index in [-0.39, 0.29) is 24.0 Å². The van der Waals surface area contributed by atoms with E-state index in [2.05, 4.69) is 10.6 Å². The van der Waals surface area contributed by atoms with E-state index in [0.29, 0.717) is 18.9 Å². The molecule has 1 fully saturated rings. The summed E-state index contributed by atoms with van der Waals surface area (Å²) in [7, 11) is 0. The monoisotopic (exact) mass is 300 g/mol. The molecule has 1 aliphatic rings. The van der Waals surface area contributed by atoms with Gasteiger partial charge in [-0.3, -0.25) is 4.79 Å². The highest BCUT2D eigenvalue weighted by Crippen LogP contribution is 2.16. The zero-order valence-corrected chi connectivity index (χ0v) is 13.2. The average molecular weight is 300 g/mol. The second-order valence-electron chi connectivity index (χ2n) is 6.10. The summed E-state index contributed by atoms with van der Waals surface area (Å²) in [5, 5.41) is 14.7. The number of urea groups is 1. The first-order valence-electron chi connectivity index (χ1n) is 7.77. The van der Waals surface area contributed by atoms with Gasteiger partial charge in [0.1, 0.15) is 0 Å². The largest absolute Gasteiger partial charge is 0.481 e. The lowest BCUT2D eigenvalue weighted by Gasteiger charge is -2.21. The zero-order chi connectivity index (χ0) is 15.8. The number of aliphatic carboxylic acids is 1. The summed E-state index contributed by atoms with van der Waals surface area (Å²) in [5.41, 5.74) is 0. The van der Waals surface area contributed by atoms with Crippen LogP contribution in [0.15, 0.2) is 0 Å². The van der Waals surface area contributed by atoms with Crippen molar-refractivity contribution in [1.29, 1.82) is 0 Å². The summed E-state index contributed by atoms with van der Waals surface area (Å²) >= 11 is 0. The second-order valence-corrected chi connectivity index (χ2v) is 6.10. The van der Waals surface area contributed by atoms with Crippen LogP contribution in [0.25, 0.3) is 0 Å². The quantitative estimate of drug-likeness (QED) is 0.639. The molecular formula is C15H28N2O4. The van der Waals surface area contributed by atoms with E-state index in [1.807, 2.05) is 13.8 Å². The number of rotatable bonds is 8. The van der Waals surface area contributed by atoms with Gasteiger partial charge in [0.15, 0.2) is 0 Å². The first-order chi connectivity index (χ1) is 9.90. The molecule has 4 atom stereocenters. The van der Waals surface area contributed by atoms with Gasteiger partial charge in [-0.25, -0.2) is 4.79 Å². The number of carbonyl (C=O) groups excluding carboxylic acids is 1. The highest BCUT2D eigenvalue weighted by atomic mass is 16.5. The topological polar surface area (TPSA) is 87.7 Å². The zero-order valence-electron chi connectivity index (χ0n) is 13.2. The first-order valence-corrected chi connectivity index (χ1v) is 7.77. The minimum atomic E-state index is -0.763. The highest BCUT2D eigenvalue weighted by Gasteiger charge is 2.23. The molecule has 2 amide bonds. The highest BCUT2D eigenvalue weighted by molar-refractivity contribution is 5.74. The Kier molecular flexibility index (Phi) is 7.50. The smallest absolute Gasteiger partial charge is 0.315 e. The number of ether oxygens (including phenoxy) is 1. The Bertz CT molecular complexity index is 343. The fourth-order valence-corrected chi connectivity index (χ4v) is 2.46. The molecule has 122 valence electrons. The predicted molar refractivity (Wildman–Crippen MR) is 80.2 cm³/mol. The Morgan fingerprint density at radius 3 is 2.52 bits per heavy atom. The molecular weight excluding hydrogens is 272 g/mol. The normalized spacial score (nSPS) is 22.3. The van der Waals surface area contributed by atoms with Crippen molar-refractivity contribution in [1.82, 2.24) is 10.6 Å². The van der Waals surface area contributed by atoms with Crippen molar-refractivity contribution in [2.45, 2.75) is 58.5 Å². The summed E-state index contributed by atoms with van der Waals surface area (Å²) < 4.78 is 5.32. The summed E-state index contributed by atoms with van der Waals surface area (Å²) in [6.45, 7) is 7.13. The van der Waals surface area contributed by atoms with E-state index in [0.717, 1.165) is 25.9 Å². The molecule has 0 aromatic carbocycles. The third-order valence-electron chi connectivity index (χ3n) is 4.10. The van der Waals surface area contributed by atoms with E-state index < -0.39 is 5.97 Å². The Balaban J connectivity index is 2.16. The van der Waals surface area contributed by atoms with Gasteiger partial charge in [0.05, 0.1) is 12.5 Å². The minimum absolute atomic E-state index is 0.0398. The van der Waals surface area contributed by atoms with E-state index in [1.54, 1.807) is 6.92 Å². The van der Waals surface area contributed by atoms with Gasteiger partial charge in [-0.05, 0) is 33.1 Å². The average Bonchev–Trinajstić information content (AvgIpc) is 2.91. The number of carbonyl (C=O) groups is 2. The van der Waals surface area contributed by atoms with Crippen LogP contribution in [0.5, 0.6) is 0 Å². The molecule has 1 rings (SSSR count). The number of amides is 2. The standard InChI is InChI=1S/C15H28N2O4/c1-10(14(18)19)5-4-6-11(2)16-15(20)17-12(3)13-7-8-21-9-13/h10-13H,4-9H2,1-3H3,(H,18,19)(H2,16,17,20). The molecule has 0 aromatic rings. The van der Waals surface area contributed by atoms with E-state index in [1.165, 1.54) is 0 Å². The predicted octanol–water partition coefficient (Wildman–Crippen LogP) is 1.99. The summed E-state index contributed by atoms with van der Waals surface area (Å²) in [5.74, 6) is -0.697. The molecule has 1 heterocycles. The molecule has 21 heavy (non-hydrogen) atoms. The number of carboxylic acid groups (broad SMARTS) is 1. The SMILES string of the molecule is CC(CCCC(C)C(=O)O)NC(=O)NC(C)C1CCOC1. The molecule has 4 unspecified atom stereocenters. The fraction of sp³-hybridized carbons (Fsp3) is 0.867. The van der Waals surface area contributed by atoms with Crippen molar-refractivity contribution in [3.8, 4) is 0 Å². The van der Waals surface area contributed by atoms with Gasteiger partial charge in [-0.15, -0.1) is 0 Å². The van der Waals surface area contributed by atoms with Crippen LogP contribution in [-0.2, 0) is 9.53 Å². The van der Waals surface area contributed by atoms with Crippen LogP contribution in [0.2, 0.25) is 0 Å². The van der Waals surface area contributed by atoms with Crippen molar-refractivity contribution in [2.75, 3.05) is 13.2 Å². The van der Waals surface area contributed by atoms with Gasteiger partial charge in [0, 0.05) is 24.6 Å². The fourth-order valence-electron chi connectivity index (χ4n) is 2.46. The molecule has 1 saturated heterocycles. The van der Waals surface area contributed by atoms with Crippen molar-refractivity contribution in [3.63, 3.8) is 0 Å². The minimum Gasteiger partial charge on any atom is -0.481 e. The Morgan fingerprint density at radius 1 is 1.24 bits per heavy atom. The Morgan fingerprint density at radius 2 is 1.95 bits per heavy atom. The third kappa shape index (κ3) is 6.80. The molecule has 3 N–H and O–H groups in total. The molecule has 6 nitrogen and oxygen atoms in total. The van der Waals surface area contributed by atoms with Gasteiger partial charge in [-0.1, -0.05) is 13.3 Å². The molecule has 6 heteroatoms. The third-order valence-corrected chi connectivity index (χ3v) is 4.10. The maximum atomic E-state index is 11.9. The summed E-state index contributed by atoms with van der Waals surface area (Å²) in [4.78, 5) is 22.6. The number of hydrogen-bond donors (Lipinski definition) is 3. The molecule has 0 saturated carbocycles. The Labute approximate surface area is 126 Å². The summed E-state index contributed by atoms with van der Waals surface area (Å²) in [6, 6.07) is -0.0158. The molecule has 1 aliphatic heterocycles. The molecule has 0 bridgehead atoms.